The van der Waals surface area contributed by atoms with Gasteiger partial charge in [0.25, 0.3) is 5.91 Å². The number of halogens is 3. The summed E-state index contributed by atoms with van der Waals surface area (Å²) >= 11 is 0. The number of hydrogen-bond acceptors (Lipinski definition) is 2. The Morgan fingerprint density at radius 1 is 0.963 bits per heavy atom. The minimum absolute atomic E-state index is 0.346. The molecule has 3 aromatic rings. The molecule has 0 aliphatic carbocycles. The predicted octanol–water partition coefficient (Wildman–Crippen LogP) is 5.26. The lowest BCUT2D eigenvalue weighted by Gasteiger charge is -2.16. The van der Waals surface area contributed by atoms with Crippen LogP contribution in [0.4, 0.5) is 13.2 Å². The van der Waals surface area contributed by atoms with Crippen LogP contribution in [-0.4, -0.2) is 10.9 Å². The van der Waals surface area contributed by atoms with Gasteiger partial charge in [-0.05, 0) is 60.0 Å². The number of alkyl halides is 3. The minimum atomic E-state index is -4.41. The Morgan fingerprint density at radius 2 is 1.59 bits per heavy atom. The Balaban J connectivity index is 1.72. The van der Waals surface area contributed by atoms with E-state index in [1.807, 2.05) is 24.3 Å². The van der Waals surface area contributed by atoms with Gasteiger partial charge >= 0.3 is 6.18 Å². The van der Waals surface area contributed by atoms with E-state index in [0.29, 0.717) is 11.1 Å². The van der Waals surface area contributed by atoms with E-state index in [4.69, 9.17) is 0 Å². The van der Waals surface area contributed by atoms with Crippen molar-refractivity contribution in [2.24, 2.45) is 0 Å². The van der Waals surface area contributed by atoms with E-state index in [2.05, 4.69) is 10.3 Å². The van der Waals surface area contributed by atoms with Gasteiger partial charge in [-0.3, -0.25) is 9.78 Å². The second-order valence-electron chi connectivity index (χ2n) is 6.13. The monoisotopic (exact) mass is 370 g/mol. The van der Waals surface area contributed by atoms with Gasteiger partial charge in [-0.15, -0.1) is 0 Å². The third-order valence-electron chi connectivity index (χ3n) is 4.22. The standard InChI is InChI=1S/C21H17F3N2O/c1-14(18-3-2-4-19(13-18)21(22,23)24)26-20(27)17-7-5-15(6-8-17)16-9-11-25-12-10-16/h2-14H,1H3,(H,26,27). The second-order valence-corrected chi connectivity index (χ2v) is 6.13. The fraction of sp³-hybridized carbons (Fsp3) is 0.143. The number of nitrogens with zero attached hydrogens (tertiary/aromatic N) is 1. The smallest absolute Gasteiger partial charge is 0.346 e. The van der Waals surface area contributed by atoms with Crippen molar-refractivity contribution in [3.8, 4) is 11.1 Å². The average Bonchev–Trinajstić information content (AvgIpc) is 2.68. The number of aromatic nitrogens is 1. The van der Waals surface area contributed by atoms with Gasteiger partial charge in [-0.2, -0.15) is 13.2 Å². The first-order valence-electron chi connectivity index (χ1n) is 8.33. The van der Waals surface area contributed by atoms with E-state index in [0.717, 1.165) is 23.3 Å². The molecule has 0 radical (unpaired) electrons. The van der Waals surface area contributed by atoms with Crippen LogP contribution in [0.1, 0.15) is 34.5 Å². The summed E-state index contributed by atoms with van der Waals surface area (Å²) in [6, 6.07) is 15.1. The maximum Gasteiger partial charge on any atom is 0.416 e. The minimum Gasteiger partial charge on any atom is -0.346 e. The van der Waals surface area contributed by atoms with Crippen molar-refractivity contribution in [3.63, 3.8) is 0 Å². The summed E-state index contributed by atoms with van der Waals surface area (Å²) in [5.41, 5.74) is 2.02. The highest BCUT2D eigenvalue weighted by atomic mass is 19.4. The molecular formula is C21H17F3N2O. The molecule has 0 aliphatic heterocycles. The highest BCUT2D eigenvalue weighted by Gasteiger charge is 2.30. The van der Waals surface area contributed by atoms with Crippen molar-refractivity contribution in [1.29, 1.82) is 0 Å². The number of benzene rings is 2. The Labute approximate surface area is 154 Å². The Bertz CT molecular complexity index is 922. The van der Waals surface area contributed by atoms with Crippen LogP contribution in [0.3, 0.4) is 0 Å². The number of rotatable bonds is 4. The Kier molecular flexibility index (Phi) is 5.26. The van der Waals surface area contributed by atoms with Crippen molar-refractivity contribution >= 4 is 5.91 Å². The summed E-state index contributed by atoms with van der Waals surface area (Å²) in [4.78, 5) is 16.4. The Hall–Kier alpha value is -3.15. The van der Waals surface area contributed by atoms with Gasteiger partial charge in [-0.25, -0.2) is 0 Å². The van der Waals surface area contributed by atoms with Crippen LogP contribution in [-0.2, 0) is 6.18 Å². The van der Waals surface area contributed by atoms with Gasteiger partial charge in [0.2, 0.25) is 0 Å². The molecular weight excluding hydrogens is 353 g/mol. The highest BCUT2D eigenvalue weighted by molar-refractivity contribution is 5.94. The summed E-state index contributed by atoms with van der Waals surface area (Å²) in [6.07, 6.45) is -1.04. The molecule has 1 amide bonds. The van der Waals surface area contributed by atoms with E-state index in [-0.39, 0.29) is 5.91 Å². The molecule has 1 atom stereocenters. The maximum atomic E-state index is 12.8. The van der Waals surface area contributed by atoms with Crippen LogP contribution >= 0.6 is 0 Å². The quantitative estimate of drug-likeness (QED) is 0.681. The number of carbonyl (C=O) groups is 1. The lowest BCUT2D eigenvalue weighted by molar-refractivity contribution is -0.137. The van der Waals surface area contributed by atoms with Crippen LogP contribution in [0.15, 0.2) is 73.1 Å². The average molecular weight is 370 g/mol. The van der Waals surface area contributed by atoms with Crippen LogP contribution in [0.5, 0.6) is 0 Å². The van der Waals surface area contributed by atoms with Crippen LogP contribution in [0.25, 0.3) is 11.1 Å². The number of nitrogens with one attached hydrogen (secondary N) is 1. The number of amides is 1. The van der Waals surface area contributed by atoms with Crippen molar-refractivity contribution in [1.82, 2.24) is 10.3 Å². The summed E-state index contributed by atoms with van der Waals surface area (Å²) < 4.78 is 38.5. The van der Waals surface area contributed by atoms with Crippen LogP contribution in [0.2, 0.25) is 0 Å². The SMILES string of the molecule is CC(NC(=O)c1ccc(-c2ccncc2)cc1)c1cccc(C(F)(F)F)c1. The van der Waals surface area contributed by atoms with E-state index in [1.165, 1.54) is 6.07 Å². The highest BCUT2D eigenvalue weighted by Crippen LogP contribution is 2.30. The first-order chi connectivity index (χ1) is 12.8. The van der Waals surface area contributed by atoms with Gasteiger partial charge < -0.3 is 5.32 Å². The van der Waals surface area contributed by atoms with Gasteiger partial charge in [-0.1, -0.05) is 24.3 Å². The predicted molar refractivity (Wildman–Crippen MR) is 97.0 cm³/mol. The topological polar surface area (TPSA) is 42.0 Å². The molecule has 0 spiro atoms. The van der Waals surface area contributed by atoms with Crippen molar-refractivity contribution < 1.29 is 18.0 Å². The van der Waals surface area contributed by atoms with Gasteiger partial charge in [0, 0.05) is 18.0 Å². The molecule has 1 unspecified atom stereocenters. The lowest BCUT2D eigenvalue weighted by Crippen LogP contribution is -2.26. The van der Waals surface area contributed by atoms with Crippen molar-refractivity contribution in [2.75, 3.05) is 0 Å². The van der Waals surface area contributed by atoms with Crippen molar-refractivity contribution in [3.05, 3.63) is 89.7 Å². The fourth-order valence-corrected chi connectivity index (χ4v) is 2.71. The molecule has 0 aliphatic rings. The zero-order valence-corrected chi connectivity index (χ0v) is 14.5. The van der Waals surface area contributed by atoms with Crippen LogP contribution < -0.4 is 5.32 Å². The molecule has 6 heteroatoms. The lowest BCUT2D eigenvalue weighted by atomic mass is 10.0. The van der Waals surface area contributed by atoms with E-state index in [9.17, 15) is 18.0 Å². The first kappa shape index (κ1) is 18.6. The third kappa shape index (κ3) is 4.53. The zero-order chi connectivity index (χ0) is 19.4. The van der Waals surface area contributed by atoms with E-state index in [1.54, 1.807) is 37.5 Å². The Morgan fingerprint density at radius 3 is 2.22 bits per heavy atom. The molecule has 3 nitrogen and oxygen atoms in total. The summed E-state index contributed by atoms with van der Waals surface area (Å²) in [7, 11) is 0. The molecule has 1 N–H and O–H groups in total. The second kappa shape index (κ2) is 7.61. The van der Waals surface area contributed by atoms with Gasteiger partial charge in [0.1, 0.15) is 0 Å². The van der Waals surface area contributed by atoms with E-state index < -0.39 is 17.8 Å². The molecule has 0 saturated carbocycles. The molecule has 2 aromatic carbocycles. The van der Waals surface area contributed by atoms with Crippen molar-refractivity contribution in [2.45, 2.75) is 19.1 Å². The number of hydrogen-bond donors (Lipinski definition) is 1. The molecule has 0 saturated heterocycles. The van der Waals surface area contributed by atoms with Gasteiger partial charge in [0.05, 0.1) is 11.6 Å². The van der Waals surface area contributed by atoms with E-state index >= 15 is 0 Å². The first-order valence-corrected chi connectivity index (χ1v) is 8.33. The summed E-state index contributed by atoms with van der Waals surface area (Å²) in [6.45, 7) is 1.65. The maximum absolute atomic E-state index is 12.8. The molecule has 0 fully saturated rings. The molecule has 138 valence electrons. The molecule has 1 heterocycles. The third-order valence-corrected chi connectivity index (χ3v) is 4.22. The molecule has 27 heavy (non-hydrogen) atoms. The molecule has 3 rings (SSSR count). The molecule has 0 bridgehead atoms. The van der Waals surface area contributed by atoms with Crippen LogP contribution in [0, 0.1) is 0 Å². The van der Waals surface area contributed by atoms with Gasteiger partial charge in [0.15, 0.2) is 0 Å². The number of pyridine rings is 1. The summed E-state index contributed by atoms with van der Waals surface area (Å²) in [5.74, 6) is -0.346. The summed E-state index contributed by atoms with van der Waals surface area (Å²) in [5, 5.41) is 2.73. The number of carbonyl (C=O) groups excluding carboxylic acids is 1. The normalized spacial score (nSPS) is 12.4. The molecule has 1 aromatic heterocycles. The largest absolute Gasteiger partial charge is 0.416 e. The zero-order valence-electron chi connectivity index (χ0n) is 14.5. The fourth-order valence-electron chi connectivity index (χ4n) is 2.71.